The second-order valence-electron chi connectivity index (χ2n) is 8.65. The van der Waals surface area contributed by atoms with Crippen LogP contribution in [-0.2, 0) is 6.54 Å². The van der Waals surface area contributed by atoms with Crippen LogP contribution in [0.4, 0.5) is 0 Å². The van der Waals surface area contributed by atoms with Gasteiger partial charge in [-0.15, -0.1) is 0 Å². The number of piperidine rings is 1. The standard InChI is InChI=1S/C25H24BrNO4/c1-14-4-3-7-27(12-14)13-19-20(28)8-15(2)23-24(29)22(31-25(19)23)11-18-10-16-9-17(26)5-6-21(16)30-18/h5-6,8-11,14,28H,3-4,7,12-13H2,1-2H3/t14-/m1/s1. The second-order valence-corrected chi connectivity index (χ2v) is 9.56. The van der Waals surface area contributed by atoms with Gasteiger partial charge in [0.25, 0.3) is 0 Å². The number of allylic oxidation sites excluding steroid dienone is 1. The molecule has 31 heavy (non-hydrogen) atoms. The number of ether oxygens (including phenoxy) is 1. The minimum absolute atomic E-state index is 0.178. The van der Waals surface area contributed by atoms with Crippen LogP contribution in [0.5, 0.6) is 11.5 Å². The molecule has 0 spiro atoms. The van der Waals surface area contributed by atoms with Gasteiger partial charge in [0.2, 0.25) is 5.78 Å². The number of phenols is 1. The van der Waals surface area contributed by atoms with E-state index in [0.717, 1.165) is 35.0 Å². The normalized spacial score (nSPS) is 20.4. The summed E-state index contributed by atoms with van der Waals surface area (Å²) in [6, 6.07) is 9.31. The number of likely N-dealkylation sites (tertiary alicyclic amines) is 1. The first-order chi connectivity index (χ1) is 14.9. The molecule has 3 aromatic rings. The number of hydrogen-bond acceptors (Lipinski definition) is 5. The molecule has 1 N–H and O–H groups in total. The average Bonchev–Trinajstić information content (AvgIpc) is 3.26. The minimum atomic E-state index is -0.178. The number of aryl methyl sites for hydroxylation is 1. The van der Waals surface area contributed by atoms with Crippen molar-refractivity contribution in [2.24, 2.45) is 5.92 Å². The third-order valence-corrected chi connectivity index (χ3v) is 6.61. The summed E-state index contributed by atoms with van der Waals surface area (Å²) in [7, 11) is 0. The van der Waals surface area contributed by atoms with Gasteiger partial charge in [0.05, 0.1) is 11.1 Å². The molecule has 160 valence electrons. The molecule has 6 heteroatoms. The predicted molar refractivity (Wildman–Crippen MR) is 123 cm³/mol. The zero-order chi connectivity index (χ0) is 21.7. The lowest BCUT2D eigenvalue weighted by Crippen LogP contribution is -2.33. The lowest BCUT2D eigenvalue weighted by molar-refractivity contribution is 0.101. The Morgan fingerprint density at radius 3 is 2.94 bits per heavy atom. The molecule has 1 aromatic heterocycles. The fourth-order valence-corrected chi connectivity index (χ4v) is 5.00. The van der Waals surface area contributed by atoms with Crippen LogP contribution in [0.15, 0.2) is 45.0 Å². The minimum Gasteiger partial charge on any atom is -0.507 e. The van der Waals surface area contributed by atoms with Crippen molar-refractivity contribution in [3.8, 4) is 11.5 Å². The first-order valence-corrected chi connectivity index (χ1v) is 11.4. The third-order valence-electron chi connectivity index (χ3n) is 6.11. The highest BCUT2D eigenvalue weighted by Gasteiger charge is 2.34. The largest absolute Gasteiger partial charge is 0.507 e. The van der Waals surface area contributed by atoms with Crippen LogP contribution in [0, 0.1) is 12.8 Å². The van der Waals surface area contributed by atoms with E-state index >= 15 is 0 Å². The number of halogens is 1. The summed E-state index contributed by atoms with van der Waals surface area (Å²) in [5.41, 5.74) is 2.67. The maximum absolute atomic E-state index is 13.2. The molecule has 0 unspecified atom stereocenters. The lowest BCUT2D eigenvalue weighted by atomic mass is 9.97. The maximum atomic E-state index is 13.2. The van der Waals surface area contributed by atoms with Gasteiger partial charge in [-0.2, -0.15) is 0 Å². The summed E-state index contributed by atoms with van der Waals surface area (Å²) >= 11 is 3.46. The Hall–Kier alpha value is -2.57. The Balaban J connectivity index is 1.50. The van der Waals surface area contributed by atoms with Gasteiger partial charge in [-0.3, -0.25) is 9.69 Å². The van der Waals surface area contributed by atoms with Gasteiger partial charge in [-0.25, -0.2) is 0 Å². The van der Waals surface area contributed by atoms with E-state index in [1.54, 1.807) is 12.1 Å². The SMILES string of the molecule is Cc1cc(O)c(CN2CCC[C@@H](C)C2)c2c1C(=O)C(=Cc1cc3cc(Br)ccc3o1)O2. The Morgan fingerprint density at radius 1 is 1.29 bits per heavy atom. The van der Waals surface area contributed by atoms with E-state index in [9.17, 15) is 9.90 Å². The van der Waals surface area contributed by atoms with Crippen molar-refractivity contribution in [2.75, 3.05) is 13.1 Å². The zero-order valence-corrected chi connectivity index (χ0v) is 19.2. The second kappa shape index (κ2) is 7.84. The van der Waals surface area contributed by atoms with Crippen LogP contribution >= 0.6 is 15.9 Å². The van der Waals surface area contributed by atoms with Crippen molar-refractivity contribution in [1.82, 2.24) is 4.90 Å². The van der Waals surface area contributed by atoms with Crippen LogP contribution in [0.1, 0.15) is 47.0 Å². The number of carbonyl (C=O) groups is 1. The third kappa shape index (κ3) is 3.79. The molecule has 0 bridgehead atoms. The molecule has 5 rings (SSSR count). The number of nitrogens with zero attached hydrogens (tertiary/aromatic N) is 1. The van der Waals surface area contributed by atoms with E-state index in [-0.39, 0.29) is 17.3 Å². The molecule has 5 nitrogen and oxygen atoms in total. The molecule has 2 aromatic carbocycles. The summed E-state index contributed by atoms with van der Waals surface area (Å²) in [5, 5.41) is 11.6. The summed E-state index contributed by atoms with van der Waals surface area (Å²) < 4.78 is 12.9. The molecule has 2 aliphatic rings. The summed E-state index contributed by atoms with van der Waals surface area (Å²) in [6.45, 7) is 6.61. The van der Waals surface area contributed by atoms with Crippen molar-refractivity contribution in [3.05, 3.63) is 63.0 Å². The van der Waals surface area contributed by atoms with Crippen LogP contribution in [0.3, 0.4) is 0 Å². The molecule has 1 fully saturated rings. The number of phenolic OH excluding ortho intramolecular Hbond substituents is 1. The predicted octanol–water partition coefficient (Wildman–Crippen LogP) is 6.06. The topological polar surface area (TPSA) is 62.9 Å². The Labute approximate surface area is 189 Å². The van der Waals surface area contributed by atoms with Gasteiger partial charge in [0.1, 0.15) is 22.8 Å². The van der Waals surface area contributed by atoms with Crippen LogP contribution in [0.2, 0.25) is 0 Å². The van der Waals surface area contributed by atoms with E-state index in [1.165, 1.54) is 6.42 Å². The van der Waals surface area contributed by atoms with Crippen molar-refractivity contribution < 1.29 is 19.1 Å². The smallest absolute Gasteiger partial charge is 0.232 e. The zero-order valence-electron chi connectivity index (χ0n) is 17.6. The van der Waals surface area contributed by atoms with Crippen molar-refractivity contribution in [3.63, 3.8) is 0 Å². The van der Waals surface area contributed by atoms with Gasteiger partial charge in [-0.1, -0.05) is 22.9 Å². The highest BCUT2D eigenvalue weighted by atomic mass is 79.9. The van der Waals surface area contributed by atoms with Crippen LogP contribution in [-0.4, -0.2) is 28.9 Å². The number of rotatable bonds is 3. The molecule has 0 saturated carbocycles. The van der Waals surface area contributed by atoms with E-state index in [2.05, 4.69) is 27.8 Å². The van der Waals surface area contributed by atoms with Crippen molar-refractivity contribution in [1.29, 1.82) is 0 Å². The number of Topliss-reactive ketones (excluding diaryl/α,β-unsaturated/α-hetero) is 1. The summed E-state index contributed by atoms with van der Waals surface area (Å²) in [6.07, 6.45) is 4.01. The van der Waals surface area contributed by atoms with Gasteiger partial charge in [0.15, 0.2) is 5.76 Å². The fraction of sp³-hybridized carbons (Fsp3) is 0.320. The number of furan rings is 1. The first-order valence-electron chi connectivity index (χ1n) is 10.6. The van der Waals surface area contributed by atoms with Crippen molar-refractivity contribution in [2.45, 2.75) is 33.2 Å². The van der Waals surface area contributed by atoms with E-state index in [0.29, 0.717) is 40.7 Å². The number of aromatic hydroxyl groups is 1. The maximum Gasteiger partial charge on any atom is 0.232 e. The highest BCUT2D eigenvalue weighted by molar-refractivity contribution is 9.10. The number of benzene rings is 2. The molecular weight excluding hydrogens is 458 g/mol. The van der Waals surface area contributed by atoms with E-state index in [4.69, 9.17) is 9.15 Å². The Kier molecular flexibility index (Phi) is 5.15. The molecule has 0 aliphatic carbocycles. The van der Waals surface area contributed by atoms with E-state index in [1.807, 2.05) is 31.2 Å². The first kappa shape index (κ1) is 20.3. The molecule has 2 aliphatic heterocycles. The molecule has 1 atom stereocenters. The summed E-state index contributed by atoms with van der Waals surface area (Å²) in [4.78, 5) is 15.5. The lowest BCUT2D eigenvalue weighted by Gasteiger charge is -2.31. The molecule has 0 radical (unpaired) electrons. The number of ketones is 1. The molecule has 0 amide bonds. The average molecular weight is 482 g/mol. The Bertz CT molecular complexity index is 1230. The van der Waals surface area contributed by atoms with E-state index < -0.39 is 0 Å². The van der Waals surface area contributed by atoms with Crippen LogP contribution in [0.25, 0.3) is 17.0 Å². The Morgan fingerprint density at radius 2 is 2.13 bits per heavy atom. The van der Waals surface area contributed by atoms with Gasteiger partial charge in [0, 0.05) is 29.0 Å². The molecule has 1 saturated heterocycles. The van der Waals surface area contributed by atoms with Gasteiger partial charge < -0.3 is 14.3 Å². The molecular formula is C25H24BrNO4. The van der Waals surface area contributed by atoms with Crippen LogP contribution < -0.4 is 4.74 Å². The summed E-state index contributed by atoms with van der Waals surface area (Å²) in [5.74, 6) is 1.87. The van der Waals surface area contributed by atoms with Crippen molar-refractivity contribution >= 4 is 38.8 Å². The number of fused-ring (bicyclic) bond motifs is 2. The number of hydrogen-bond donors (Lipinski definition) is 1. The highest BCUT2D eigenvalue weighted by Crippen LogP contribution is 2.42. The van der Waals surface area contributed by atoms with Gasteiger partial charge >= 0.3 is 0 Å². The number of carbonyl (C=O) groups excluding carboxylic acids is 1. The quantitative estimate of drug-likeness (QED) is 0.460. The molecule has 3 heterocycles. The fourth-order valence-electron chi connectivity index (χ4n) is 4.62. The monoisotopic (exact) mass is 481 g/mol. The van der Waals surface area contributed by atoms with Gasteiger partial charge in [-0.05, 0) is 68.1 Å².